The molecule has 0 radical (unpaired) electrons. The molecule has 0 saturated heterocycles. The van der Waals surface area contributed by atoms with Gasteiger partial charge in [-0.2, -0.15) is 0 Å². The molecule has 0 bridgehead atoms. The number of nitrogens with zero attached hydrogens (tertiary/aromatic N) is 1. The lowest BCUT2D eigenvalue weighted by Crippen LogP contribution is -2.35. The second-order valence-electron chi connectivity index (χ2n) is 5.14. The van der Waals surface area contributed by atoms with Crippen LogP contribution < -0.4 is 4.74 Å². The first-order valence-corrected chi connectivity index (χ1v) is 6.80. The zero-order valence-electron chi connectivity index (χ0n) is 11.4. The maximum atomic E-state index is 9.05. The van der Waals surface area contributed by atoms with Crippen molar-refractivity contribution in [2.75, 3.05) is 26.3 Å². The predicted molar refractivity (Wildman–Crippen MR) is 73.1 cm³/mol. The molecule has 0 aromatic heterocycles. The molecular formula is C15H23NO2. The first-order valence-electron chi connectivity index (χ1n) is 6.80. The highest BCUT2D eigenvalue weighted by Crippen LogP contribution is 2.26. The standard InChI is InChI=1S/C15H23NO2/c1-12(2)16(8-9-17)7-5-13-3-4-15-14(11-13)6-10-18-15/h3-4,11-12,17H,5-10H2,1-2H3. The first kappa shape index (κ1) is 13.4. The number of fused-ring (bicyclic) bond motifs is 1. The summed E-state index contributed by atoms with van der Waals surface area (Å²) in [6, 6.07) is 6.99. The molecule has 18 heavy (non-hydrogen) atoms. The van der Waals surface area contributed by atoms with Gasteiger partial charge >= 0.3 is 0 Å². The van der Waals surface area contributed by atoms with E-state index in [0.717, 1.165) is 38.3 Å². The van der Waals surface area contributed by atoms with E-state index in [2.05, 4.69) is 36.9 Å². The molecule has 100 valence electrons. The van der Waals surface area contributed by atoms with Crippen LogP contribution in [0.15, 0.2) is 18.2 Å². The topological polar surface area (TPSA) is 32.7 Å². The number of rotatable bonds is 6. The van der Waals surface area contributed by atoms with Crippen LogP contribution in [0.4, 0.5) is 0 Å². The van der Waals surface area contributed by atoms with Crippen LogP contribution in [0.2, 0.25) is 0 Å². The Kier molecular flexibility index (Phi) is 4.61. The smallest absolute Gasteiger partial charge is 0.122 e. The molecule has 0 spiro atoms. The van der Waals surface area contributed by atoms with E-state index in [0.29, 0.717) is 6.04 Å². The molecule has 1 aliphatic heterocycles. The summed E-state index contributed by atoms with van der Waals surface area (Å²) in [4.78, 5) is 2.31. The van der Waals surface area contributed by atoms with Gasteiger partial charge in [0.05, 0.1) is 13.2 Å². The molecule has 1 N–H and O–H groups in total. The van der Waals surface area contributed by atoms with Gasteiger partial charge in [-0.15, -0.1) is 0 Å². The lowest BCUT2D eigenvalue weighted by Gasteiger charge is -2.25. The highest BCUT2D eigenvalue weighted by molar-refractivity contribution is 5.39. The zero-order valence-corrected chi connectivity index (χ0v) is 11.4. The molecule has 1 aromatic rings. The molecule has 0 amide bonds. The second-order valence-corrected chi connectivity index (χ2v) is 5.14. The molecule has 3 nitrogen and oxygen atoms in total. The van der Waals surface area contributed by atoms with Crippen LogP contribution >= 0.6 is 0 Å². The largest absolute Gasteiger partial charge is 0.493 e. The van der Waals surface area contributed by atoms with E-state index in [1.165, 1.54) is 11.1 Å². The Morgan fingerprint density at radius 2 is 2.17 bits per heavy atom. The van der Waals surface area contributed by atoms with Gasteiger partial charge in [0.15, 0.2) is 0 Å². The summed E-state index contributed by atoms with van der Waals surface area (Å²) in [5.41, 5.74) is 2.70. The fourth-order valence-electron chi connectivity index (χ4n) is 2.42. The fourth-order valence-corrected chi connectivity index (χ4v) is 2.42. The lowest BCUT2D eigenvalue weighted by atomic mass is 10.1. The van der Waals surface area contributed by atoms with E-state index < -0.39 is 0 Å². The van der Waals surface area contributed by atoms with Crippen LogP contribution in [-0.4, -0.2) is 42.4 Å². The Morgan fingerprint density at radius 1 is 1.33 bits per heavy atom. The minimum atomic E-state index is 0.232. The van der Waals surface area contributed by atoms with Gasteiger partial charge in [-0.3, -0.25) is 4.90 Å². The molecule has 0 atom stereocenters. The quantitative estimate of drug-likeness (QED) is 0.835. The van der Waals surface area contributed by atoms with Crippen molar-refractivity contribution in [2.45, 2.75) is 32.7 Å². The molecule has 3 heteroatoms. The SMILES string of the molecule is CC(C)N(CCO)CCc1ccc2c(c1)CCO2. The summed E-state index contributed by atoms with van der Waals surface area (Å²) < 4.78 is 5.51. The molecule has 0 fully saturated rings. The van der Waals surface area contributed by atoms with Crippen LogP contribution in [0.5, 0.6) is 5.75 Å². The second kappa shape index (κ2) is 6.21. The summed E-state index contributed by atoms with van der Waals surface area (Å²) >= 11 is 0. The van der Waals surface area contributed by atoms with Crippen LogP contribution in [-0.2, 0) is 12.8 Å². The zero-order chi connectivity index (χ0) is 13.0. The minimum Gasteiger partial charge on any atom is -0.493 e. The van der Waals surface area contributed by atoms with E-state index >= 15 is 0 Å². The average molecular weight is 249 g/mol. The summed E-state index contributed by atoms with van der Waals surface area (Å²) in [6.45, 7) is 7.15. The van der Waals surface area contributed by atoms with E-state index in [1.807, 2.05) is 0 Å². The summed E-state index contributed by atoms with van der Waals surface area (Å²) in [5, 5.41) is 9.05. The molecule has 1 aliphatic rings. The third kappa shape index (κ3) is 3.24. The molecular weight excluding hydrogens is 226 g/mol. The maximum Gasteiger partial charge on any atom is 0.122 e. The van der Waals surface area contributed by atoms with Crippen LogP contribution in [0.1, 0.15) is 25.0 Å². The van der Waals surface area contributed by atoms with Gasteiger partial charge in [0, 0.05) is 25.6 Å². The van der Waals surface area contributed by atoms with Crippen molar-refractivity contribution in [1.82, 2.24) is 4.90 Å². The van der Waals surface area contributed by atoms with Gasteiger partial charge in [0.1, 0.15) is 5.75 Å². The van der Waals surface area contributed by atoms with Crippen molar-refractivity contribution in [2.24, 2.45) is 0 Å². The summed E-state index contributed by atoms with van der Waals surface area (Å²) in [6.07, 6.45) is 2.07. The van der Waals surface area contributed by atoms with Crippen molar-refractivity contribution in [3.63, 3.8) is 0 Å². The van der Waals surface area contributed by atoms with E-state index in [4.69, 9.17) is 9.84 Å². The average Bonchev–Trinajstić information content (AvgIpc) is 2.81. The number of aliphatic hydroxyl groups is 1. The Hall–Kier alpha value is -1.06. The first-order chi connectivity index (χ1) is 8.70. The molecule has 1 aromatic carbocycles. The number of hydrogen-bond acceptors (Lipinski definition) is 3. The van der Waals surface area contributed by atoms with Gasteiger partial charge in [0.2, 0.25) is 0 Å². The molecule has 0 unspecified atom stereocenters. The minimum absolute atomic E-state index is 0.232. The molecule has 1 heterocycles. The van der Waals surface area contributed by atoms with Gasteiger partial charge < -0.3 is 9.84 Å². The van der Waals surface area contributed by atoms with Crippen LogP contribution in [0.3, 0.4) is 0 Å². The Labute approximate surface area is 109 Å². The van der Waals surface area contributed by atoms with Gasteiger partial charge in [-0.1, -0.05) is 12.1 Å². The number of ether oxygens (including phenoxy) is 1. The third-order valence-corrected chi connectivity index (χ3v) is 3.56. The van der Waals surface area contributed by atoms with Crippen molar-refractivity contribution in [3.8, 4) is 5.75 Å². The number of hydrogen-bond donors (Lipinski definition) is 1. The molecule has 0 saturated carbocycles. The van der Waals surface area contributed by atoms with E-state index in [9.17, 15) is 0 Å². The Bertz CT molecular complexity index is 390. The Morgan fingerprint density at radius 3 is 2.89 bits per heavy atom. The monoisotopic (exact) mass is 249 g/mol. The third-order valence-electron chi connectivity index (χ3n) is 3.56. The Balaban J connectivity index is 1.93. The van der Waals surface area contributed by atoms with Gasteiger partial charge in [-0.25, -0.2) is 0 Å². The van der Waals surface area contributed by atoms with Crippen molar-refractivity contribution < 1.29 is 9.84 Å². The van der Waals surface area contributed by atoms with E-state index in [1.54, 1.807) is 0 Å². The number of aliphatic hydroxyl groups excluding tert-OH is 1. The highest BCUT2D eigenvalue weighted by atomic mass is 16.5. The number of benzene rings is 1. The van der Waals surface area contributed by atoms with Crippen molar-refractivity contribution in [3.05, 3.63) is 29.3 Å². The van der Waals surface area contributed by atoms with Crippen LogP contribution in [0.25, 0.3) is 0 Å². The maximum absolute atomic E-state index is 9.05. The van der Waals surface area contributed by atoms with Gasteiger partial charge in [0.25, 0.3) is 0 Å². The molecule has 2 rings (SSSR count). The fraction of sp³-hybridized carbons (Fsp3) is 0.600. The van der Waals surface area contributed by atoms with Crippen LogP contribution in [0, 0.1) is 0 Å². The highest BCUT2D eigenvalue weighted by Gasteiger charge is 2.13. The normalized spacial score (nSPS) is 14.1. The summed E-state index contributed by atoms with van der Waals surface area (Å²) in [5.74, 6) is 1.05. The van der Waals surface area contributed by atoms with Crippen molar-refractivity contribution >= 4 is 0 Å². The lowest BCUT2D eigenvalue weighted by molar-refractivity contribution is 0.167. The van der Waals surface area contributed by atoms with Gasteiger partial charge in [-0.05, 0) is 37.5 Å². The van der Waals surface area contributed by atoms with E-state index in [-0.39, 0.29) is 6.61 Å². The predicted octanol–water partition coefficient (Wildman–Crippen LogP) is 1.87. The molecule has 0 aliphatic carbocycles. The summed E-state index contributed by atoms with van der Waals surface area (Å²) in [7, 11) is 0. The van der Waals surface area contributed by atoms with Crippen molar-refractivity contribution in [1.29, 1.82) is 0 Å².